The molecule has 1 aliphatic heterocycles. The monoisotopic (exact) mass is 584 g/mol. The summed E-state index contributed by atoms with van der Waals surface area (Å²) in [6.45, 7) is 7.10. The van der Waals surface area contributed by atoms with Crippen molar-refractivity contribution in [3.05, 3.63) is 70.3 Å². The van der Waals surface area contributed by atoms with Crippen molar-refractivity contribution in [2.24, 2.45) is 17.8 Å². The summed E-state index contributed by atoms with van der Waals surface area (Å²) in [7, 11) is 4.10. The third-order valence-corrected chi connectivity index (χ3v) is 8.71. The molecule has 0 amide bonds. The van der Waals surface area contributed by atoms with E-state index in [1.54, 1.807) is 18.2 Å². The van der Waals surface area contributed by atoms with E-state index in [0.29, 0.717) is 36.9 Å². The molecule has 0 saturated heterocycles. The Morgan fingerprint density at radius 2 is 1.95 bits per heavy atom. The first-order valence-electron chi connectivity index (χ1n) is 14.8. The summed E-state index contributed by atoms with van der Waals surface area (Å²) in [5.41, 5.74) is 3.54. The SMILES string of the molecule is CCCc1cc(Cl)ccc1C1COc2ccc(C(O)C(=O)O)cc2N(CC2CCC2C(O)/C=C/C(C)CN(C)C)C1. The Morgan fingerprint density at radius 3 is 2.61 bits per heavy atom. The second kappa shape index (κ2) is 14.1. The quantitative estimate of drug-likeness (QED) is 0.282. The molecule has 4 rings (SSSR count). The minimum atomic E-state index is -1.61. The fraction of sp³-hybridized carbons (Fsp3) is 0.545. The molecule has 41 heavy (non-hydrogen) atoms. The molecule has 1 fully saturated rings. The van der Waals surface area contributed by atoms with Gasteiger partial charge in [0.1, 0.15) is 5.75 Å². The number of hydrogen-bond donors (Lipinski definition) is 3. The molecule has 1 heterocycles. The van der Waals surface area contributed by atoms with Crippen molar-refractivity contribution in [3.8, 4) is 5.75 Å². The Hall–Kier alpha value is -2.58. The summed E-state index contributed by atoms with van der Waals surface area (Å²) >= 11 is 6.36. The Bertz CT molecular complexity index is 1220. The average molecular weight is 585 g/mol. The molecule has 6 atom stereocenters. The molecule has 0 spiro atoms. The van der Waals surface area contributed by atoms with Crippen LogP contribution in [0.2, 0.25) is 5.02 Å². The zero-order valence-corrected chi connectivity index (χ0v) is 25.4. The third kappa shape index (κ3) is 7.83. The molecule has 0 radical (unpaired) electrons. The second-order valence-electron chi connectivity index (χ2n) is 12.1. The maximum atomic E-state index is 11.6. The van der Waals surface area contributed by atoms with E-state index in [2.05, 4.69) is 49.9 Å². The molecule has 1 aliphatic carbocycles. The minimum absolute atomic E-state index is 0.0734. The van der Waals surface area contributed by atoms with Crippen molar-refractivity contribution < 1.29 is 24.9 Å². The Kier molecular flexibility index (Phi) is 10.8. The number of ether oxygens (including phenoxy) is 1. The molecule has 2 aromatic rings. The Labute approximate surface area is 249 Å². The number of hydrogen-bond acceptors (Lipinski definition) is 6. The molecule has 0 aromatic heterocycles. The number of fused-ring (bicyclic) bond motifs is 1. The highest BCUT2D eigenvalue weighted by Gasteiger charge is 2.38. The number of aryl methyl sites for hydroxylation is 1. The van der Waals surface area contributed by atoms with Gasteiger partial charge >= 0.3 is 5.97 Å². The van der Waals surface area contributed by atoms with Crippen LogP contribution in [0.25, 0.3) is 0 Å². The first-order chi connectivity index (χ1) is 19.6. The molecule has 6 unspecified atom stereocenters. The summed E-state index contributed by atoms with van der Waals surface area (Å²) in [4.78, 5) is 16.0. The van der Waals surface area contributed by atoms with Crippen LogP contribution in [0.5, 0.6) is 5.75 Å². The van der Waals surface area contributed by atoms with Gasteiger partial charge in [-0.2, -0.15) is 0 Å². The van der Waals surface area contributed by atoms with E-state index in [1.165, 1.54) is 11.1 Å². The maximum Gasteiger partial charge on any atom is 0.337 e. The number of aliphatic carboxylic acids is 1. The Morgan fingerprint density at radius 1 is 1.17 bits per heavy atom. The molecule has 1 saturated carbocycles. The summed E-state index contributed by atoms with van der Waals surface area (Å²) in [6.07, 6.45) is 5.85. The van der Waals surface area contributed by atoms with Crippen LogP contribution >= 0.6 is 11.6 Å². The van der Waals surface area contributed by atoms with Gasteiger partial charge in [-0.05, 0) is 92.1 Å². The van der Waals surface area contributed by atoms with Crippen molar-refractivity contribution >= 4 is 23.3 Å². The molecular formula is C33H45ClN2O5. The number of carboxylic acid groups (broad SMARTS) is 1. The lowest BCUT2D eigenvalue weighted by Crippen LogP contribution is -2.44. The van der Waals surface area contributed by atoms with E-state index in [9.17, 15) is 20.1 Å². The molecule has 0 bridgehead atoms. The second-order valence-corrected chi connectivity index (χ2v) is 12.5. The van der Waals surface area contributed by atoms with Crippen molar-refractivity contribution in [1.82, 2.24) is 4.90 Å². The van der Waals surface area contributed by atoms with Crippen LogP contribution in [0, 0.1) is 17.8 Å². The van der Waals surface area contributed by atoms with Crippen LogP contribution in [-0.2, 0) is 11.2 Å². The van der Waals surface area contributed by atoms with Gasteiger partial charge in [0.2, 0.25) is 0 Å². The predicted molar refractivity (Wildman–Crippen MR) is 164 cm³/mol. The van der Waals surface area contributed by atoms with Crippen LogP contribution in [0.3, 0.4) is 0 Å². The summed E-state index contributed by atoms with van der Waals surface area (Å²) < 4.78 is 6.34. The molecular weight excluding hydrogens is 540 g/mol. The molecule has 3 N–H and O–H groups in total. The van der Waals surface area contributed by atoms with Crippen LogP contribution in [-0.4, -0.2) is 72.6 Å². The summed E-state index contributed by atoms with van der Waals surface area (Å²) in [5, 5.41) is 31.5. The van der Waals surface area contributed by atoms with E-state index < -0.39 is 18.2 Å². The normalized spacial score (nSPS) is 22.9. The lowest BCUT2D eigenvalue weighted by molar-refractivity contribution is -0.146. The van der Waals surface area contributed by atoms with E-state index >= 15 is 0 Å². The van der Waals surface area contributed by atoms with Gasteiger partial charge in [-0.3, -0.25) is 0 Å². The lowest BCUT2D eigenvalue weighted by atomic mass is 9.70. The van der Waals surface area contributed by atoms with Crippen LogP contribution in [0.1, 0.15) is 61.8 Å². The number of rotatable bonds is 12. The van der Waals surface area contributed by atoms with Gasteiger partial charge in [-0.25, -0.2) is 4.79 Å². The number of carboxylic acids is 1. The number of aliphatic hydroxyl groups excluding tert-OH is 2. The number of aliphatic hydroxyl groups is 2. The van der Waals surface area contributed by atoms with E-state index in [4.69, 9.17) is 16.3 Å². The highest BCUT2D eigenvalue weighted by Crippen LogP contribution is 2.43. The number of anilines is 1. The standard InChI is InChI=1S/C33H45ClN2O5/c1-5-6-22-15-26(34)10-12-27(22)25-19-36(29-16-23(32(38)33(39)40)9-14-31(29)41-20-25)18-24-8-11-28(24)30(37)13-7-21(2)17-35(3)4/h7,9-10,12-16,21,24-25,28,30,32,37-38H,5-6,8,11,17-20H2,1-4H3,(H,39,40)/b13-7+. The van der Waals surface area contributed by atoms with Crippen LogP contribution in [0.15, 0.2) is 48.6 Å². The first-order valence-corrected chi connectivity index (χ1v) is 15.2. The molecule has 7 nitrogen and oxygen atoms in total. The van der Waals surface area contributed by atoms with E-state index in [-0.39, 0.29) is 17.8 Å². The van der Waals surface area contributed by atoms with Gasteiger partial charge in [0.15, 0.2) is 6.10 Å². The van der Waals surface area contributed by atoms with Gasteiger partial charge in [-0.1, -0.05) is 56.2 Å². The molecule has 8 heteroatoms. The van der Waals surface area contributed by atoms with Crippen molar-refractivity contribution in [2.75, 3.05) is 45.2 Å². The smallest absolute Gasteiger partial charge is 0.337 e. The van der Waals surface area contributed by atoms with Gasteiger partial charge in [-0.15, -0.1) is 0 Å². The molecule has 224 valence electrons. The largest absolute Gasteiger partial charge is 0.491 e. The van der Waals surface area contributed by atoms with E-state index in [1.807, 2.05) is 18.2 Å². The highest BCUT2D eigenvalue weighted by atomic mass is 35.5. The van der Waals surface area contributed by atoms with Crippen molar-refractivity contribution in [2.45, 2.75) is 57.7 Å². The maximum absolute atomic E-state index is 11.6. The predicted octanol–water partition coefficient (Wildman–Crippen LogP) is 5.53. The lowest BCUT2D eigenvalue weighted by Gasteiger charge is -2.42. The average Bonchev–Trinajstić information content (AvgIpc) is 3.08. The fourth-order valence-electron chi connectivity index (χ4n) is 6.28. The molecule has 2 aromatic carbocycles. The minimum Gasteiger partial charge on any atom is -0.491 e. The van der Waals surface area contributed by atoms with Gasteiger partial charge in [0.05, 0.1) is 18.4 Å². The molecule has 2 aliphatic rings. The number of halogens is 1. The van der Waals surface area contributed by atoms with Crippen LogP contribution < -0.4 is 9.64 Å². The highest BCUT2D eigenvalue weighted by molar-refractivity contribution is 6.30. The third-order valence-electron chi connectivity index (χ3n) is 8.48. The number of nitrogens with zero attached hydrogens (tertiary/aromatic N) is 2. The summed E-state index contributed by atoms with van der Waals surface area (Å²) in [5.74, 6) is 0.246. The van der Waals surface area contributed by atoms with Gasteiger partial charge < -0.3 is 29.9 Å². The van der Waals surface area contributed by atoms with E-state index in [0.717, 1.165) is 42.9 Å². The first kappa shape index (κ1) is 31.4. The van der Waals surface area contributed by atoms with Gasteiger partial charge in [0.25, 0.3) is 0 Å². The van der Waals surface area contributed by atoms with Crippen molar-refractivity contribution in [3.63, 3.8) is 0 Å². The van der Waals surface area contributed by atoms with Crippen LogP contribution in [0.4, 0.5) is 5.69 Å². The fourth-order valence-corrected chi connectivity index (χ4v) is 6.48. The summed E-state index contributed by atoms with van der Waals surface area (Å²) in [6, 6.07) is 11.2. The zero-order valence-electron chi connectivity index (χ0n) is 24.7. The van der Waals surface area contributed by atoms with Crippen molar-refractivity contribution in [1.29, 1.82) is 0 Å². The number of benzene rings is 2. The van der Waals surface area contributed by atoms with Gasteiger partial charge in [0, 0.05) is 30.6 Å². The Balaban J connectivity index is 1.61. The zero-order chi connectivity index (χ0) is 29.7. The topological polar surface area (TPSA) is 93.5 Å². The number of carbonyl (C=O) groups is 1.